The SMILES string of the molecule is CN(CCBr)C(=O)Cc1c(F)cccc1F. The van der Waals surface area contributed by atoms with Gasteiger partial charge in [-0.2, -0.15) is 0 Å². The summed E-state index contributed by atoms with van der Waals surface area (Å²) in [6.07, 6.45) is -0.248. The van der Waals surface area contributed by atoms with Gasteiger partial charge in [0.1, 0.15) is 11.6 Å². The average molecular weight is 292 g/mol. The van der Waals surface area contributed by atoms with Crippen LogP contribution in [-0.2, 0) is 11.2 Å². The van der Waals surface area contributed by atoms with E-state index in [1.54, 1.807) is 7.05 Å². The van der Waals surface area contributed by atoms with Gasteiger partial charge in [0.05, 0.1) is 6.42 Å². The van der Waals surface area contributed by atoms with Gasteiger partial charge in [0.25, 0.3) is 0 Å². The highest BCUT2D eigenvalue weighted by molar-refractivity contribution is 9.09. The summed E-state index contributed by atoms with van der Waals surface area (Å²) in [5.41, 5.74) is -0.172. The van der Waals surface area contributed by atoms with Crippen molar-refractivity contribution in [3.8, 4) is 0 Å². The van der Waals surface area contributed by atoms with Gasteiger partial charge in [0, 0.05) is 24.5 Å². The molecule has 1 aromatic carbocycles. The number of hydrogen-bond donors (Lipinski definition) is 0. The van der Waals surface area contributed by atoms with Crippen LogP contribution in [0.2, 0.25) is 0 Å². The van der Waals surface area contributed by atoms with Gasteiger partial charge in [-0.1, -0.05) is 22.0 Å². The highest BCUT2D eigenvalue weighted by Gasteiger charge is 2.15. The Morgan fingerprint density at radius 1 is 1.38 bits per heavy atom. The second kappa shape index (κ2) is 5.94. The molecule has 0 aliphatic heterocycles. The van der Waals surface area contributed by atoms with Gasteiger partial charge in [-0.15, -0.1) is 0 Å². The summed E-state index contributed by atoms with van der Waals surface area (Å²) in [5, 5.41) is 0.634. The van der Waals surface area contributed by atoms with Crippen molar-refractivity contribution in [2.75, 3.05) is 18.9 Å². The molecular formula is C11H12BrF2NO. The number of amides is 1. The number of likely N-dealkylation sites (N-methyl/N-ethyl adjacent to an activating group) is 1. The lowest BCUT2D eigenvalue weighted by molar-refractivity contribution is -0.129. The molecule has 0 unspecified atom stereocenters. The molecule has 2 nitrogen and oxygen atoms in total. The number of rotatable bonds is 4. The van der Waals surface area contributed by atoms with E-state index in [-0.39, 0.29) is 17.9 Å². The quantitative estimate of drug-likeness (QED) is 0.780. The molecule has 1 aromatic rings. The molecule has 1 amide bonds. The Kier molecular flexibility index (Phi) is 4.86. The molecule has 5 heteroatoms. The lowest BCUT2D eigenvalue weighted by Crippen LogP contribution is -2.30. The van der Waals surface area contributed by atoms with Crippen molar-refractivity contribution < 1.29 is 13.6 Å². The second-order valence-electron chi connectivity index (χ2n) is 3.38. The summed E-state index contributed by atoms with van der Waals surface area (Å²) < 4.78 is 26.5. The fourth-order valence-electron chi connectivity index (χ4n) is 1.24. The van der Waals surface area contributed by atoms with E-state index in [9.17, 15) is 13.6 Å². The van der Waals surface area contributed by atoms with Crippen LogP contribution < -0.4 is 0 Å². The van der Waals surface area contributed by atoms with E-state index in [4.69, 9.17) is 0 Å². The Balaban J connectivity index is 2.77. The summed E-state index contributed by atoms with van der Waals surface area (Å²) in [7, 11) is 1.60. The lowest BCUT2D eigenvalue weighted by atomic mass is 10.1. The van der Waals surface area contributed by atoms with Gasteiger partial charge < -0.3 is 4.90 Å². The Labute approximate surface area is 101 Å². The Hall–Kier alpha value is -0.970. The molecular weight excluding hydrogens is 280 g/mol. The van der Waals surface area contributed by atoms with Gasteiger partial charge in [-0.05, 0) is 12.1 Å². The largest absolute Gasteiger partial charge is 0.345 e. The van der Waals surface area contributed by atoms with Gasteiger partial charge >= 0.3 is 0 Å². The zero-order valence-electron chi connectivity index (χ0n) is 8.84. The van der Waals surface area contributed by atoms with E-state index in [2.05, 4.69) is 15.9 Å². The van der Waals surface area contributed by atoms with Crippen molar-refractivity contribution >= 4 is 21.8 Å². The molecule has 0 radical (unpaired) electrons. The molecule has 1 rings (SSSR count). The predicted molar refractivity (Wildman–Crippen MR) is 61.5 cm³/mol. The number of alkyl halides is 1. The number of benzene rings is 1. The standard InChI is InChI=1S/C11H12BrF2NO/c1-15(6-5-12)11(16)7-8-9(13)3-2-4-10(8)14/h2-4H,5-7H2,1H3. The topological polar surface area (TPSA) is 20.3 Å². The highest BCUT2D eigenvalue weighted by atomic mass is 79.9. The Morgan fingerprint density at radius 3 is 2.44 bits per heavy atom. The third kappa shape index (κ3) is 3.27. The van der Waals surface area contributed by atoms with E-state index in [0.717, 1.165) is 12.1 Å². The summed E-state index contributed by atoms with van der Waals surface area (Å²) in [6, 6.07) is 3.58. The van der Waals surface area contributed by atoms with Crippen LogP contribution in [0.4, 0.5) is 8.78 Å². The van der Waals surface area contributed by atoms with E-state index >= 15 is 0 Å². The minimum absolute atomic E-state index is 0.172. The van der Waals surface area contributed by atoms with E-state index in [1.807, 2.05) is 0 Å². The first-order valence-electron chi connectivity index (χ1n) is 4.79. The fourth-order valence-corrected chi connectivity index (χ4v) is 1.77. The van der Waals surface area contributed by atoms with Crippen LogP contribution in [0.5, 0.6) is 0 Å². The summed E-state index contributed by atoms with van der Waals surface area (Å²) >= 11 is 3.19. The zero-order valence-corrected chi connectivity index (χ0v) is 10.4. The van der Waals surface area contributed by atoms with Crippen molar-refractivity contribution in [3.05, 3.63) is 35.4 Å². The molecule has 16 heavy (non-hydrogen) atoms. The Bertz CT molecular complexity index is 364. The number of nitrogens with zero attached hydrogens (tertiary/aromatic N) is 1. The summed E-state index contributed by atoms with van der Waals surface area (Å²) in [6.45, 7) is 0.509. The first kappa shape index (κ1) is 13.1. The fraction of sp³-hybridized carbons (Fsp3) is 0.364. The molecule has 0 spiro atoms. The maximum Gasteiger partial charge on any atom is 0.226 e. The highest BCUT2D eigenvalue weighted by Crippen LogP contribution is 2.13. The molecule has 0 heterocycles. The maximum atomic E-state index is 13.2. The average Bonchev–Trinajstić information content (AvgIpc) is 2.23. The number of carbonyl (C=O) groups is 1. The van der Waals surface area contributed by atoms with E-state index in [0.29, 0.717) is 11.9 Å². The van der Waals surface area contributed by atoms with Gasteiger partial charge in [0.2, 0.25) is 5.91 Å². The minimum atomic E-state index is -0.680. The van der Waals surface area contributed by atoms with Gasteiger partial charge in [-0.3, -0.25) is 4.79 Å². The van der Waals surface area contributed by atoms with Crippen LogP contribution >= 0.6 is 15.9 Å². The second-order valence-corrected chi connectivity index (χ2v) is 4.17. The molecule has 0 saturated heterocycles. The number of halogens is 3. The van der Waals surface area contributed by atoms with Gasteiger partial charge in [-0.25, -0.2) is 8.78 Å². The Morgan fingerprint density at radius 2 is 1.94 bits per heavy atom. The normalized spacial score (nSPS) is 10.2. The van der Waals surface area contributed by atoms with Crippen LogP contribution in [0, 0.1) is 11.6 Å². The molecule has 0 fully saturated rings. The minimum Gasteiger partial charge on any atom is -0.345 e. The molecule has 88 valence electrons. The summed E-state index contributed by atoms with van der Waals surface area (Å²) in [5.74, 6) is -1.66. The van der Waals surface area contributed by atoms with E-state index < -0.39 is 11.6 Å². The molecule has 0 aromatic heterocycles. The van der Waals surface area contributed by atoms with E-state index in [1.165, 1.54) is 11.0 Å². The molecule has 0 bridgehead atoms. The lowest BCUT2D eigenvalue weighted by Gasteiger charge is -2.15. The maximum absolute atomic E-state index is 13.2. The molecule has 0 aliphatic carbocycles. The van der Waals surface area contributed by atoms with Crippen LogP contribution in [0.25, 0.3) is 0 Å². The molecule has 0 N–H and O–H groups in total. The van der Waals surface area contributed by atoms with Crippen molar-refractivity contribution in [1.29, 1.82) is 0 Å². The zero-order chi connectivity index (χ0) is 12.1. The third-order valence-corrected chi connectivity index (χ3v) is 2.59. The van der Waals surface area contributed by atoms with Crippen LogP contribution in [0.1, 0.15) is 5.56 Å². The van der Waals surface area contributed by atoms with Crippen molar-refractivity contribution in [2.45, 2.75) is 6.42 Å². The summed E-state index contributed by atoms with van der Waals surface area (Å²) in [4.78, 5) is 13.0. The van der Waals surface area contributed by atoms with Crippen molar-refractivity contribution in [1.82, 2.24) is 4.90 Å². The molecule has 0 saturated carbocycles. The molecule has 0 atom stereocenters. The number of carbonyl (C=O) groups excluding carboxylic acids is 1. The first-order chi connectivity index (χ1) is 7.56. The van der Waals surface area contributed by atoms with Crippen LogP contribution in [0.15, 0.2) is 18.2 Å². The third-order valence-electron chi connectivity index (χ3n) is 2.24. The van der Waals surface area contributed by atoms with Gasteiger partial charge in [0.15, 0.2) is 0 Å². The molecule has 0 aliphatic rings. The first-order valence-corrected chi connectivity index (χ1v) is 5.91. The number of hydrogen-bond acceptors (Lipinski definition) is 1. The van der Waals surface area contributed by atoms with Crippen LogP contribution in [0.3, 0.4) is 0 Å². The van der Waals surface area contributed by atoms with Crippen molar-refractivity contribution in [3.63, 3.8) is 0 Å². The monoisotopic (exact) mass is 291 g/mol. The van der Waals surface area contributed by atoms with Crippen LogP contribution in [-0.4, -0.2) is 29.7 Å². The predicted octanol–water partition coefficient (Wildman–Crippen LogP) is 2.36. The smallest absolute Gasteiger partial charge is 0.226 e. The van der Waals surface area contributed by atoms with Crippen molar-refractivity contribution in [2.24, 2.45) is 0 Å².